The Morgan fingerprint density at radius 1 is 1.08 bits per heavy atom. The van der Waals surface area contributed by atoms with Crippen LogP contribution < -0.4 is 16.4 Å². The summed E-state index contributed by atoms with van der Waals surface area (Å²) in [7, 11) is 0. The number of hydrogen-bond acceptors (Lipinski definition) is 5. The summed E-state index contributed by atoms with van der Waals surface area (Å²) in [6.07, 6.45) is 2.06. The molecule has 1 aliphatic rings. The molecule has 1 saturated heterocycles. The molecule has 36 heavy (non-hydrogen) atoms. The largest absolute Gasteiger partial charge is 0.448 e. The number of ether oxygens (including phenoxy) is 1. The molecule has 2 aromatic rings. The van der Waals surface area contributed by atoms with Gasteiger partial charge in [-0.1, -0.05) is 48.9 Å². The summed E-state index contributed by atoms with van der Waals surface area (Å²) in [6, 6.07) is 14.8. The molecule has 3 rings (SSSR count). The van der Waals surface area contributed by atoms with Crippen molar-refractivity contribution in [1.82, 2.24) is 10.2 Å². The Labute approximate surface area is 217 Å². The maximum absolute atomic E-state index is 13.4. The quantitative estimate of drug-likeness (QED) is 0.441. The van der Waals surface area contributed by atoms with Gasteiger partial charge in [0.25, 0.3) is 0 Å². The van der Waals surface area contributed by atoms with Crippen molar-refractivity contribution in [3.63, 3.8) is 0 Å². The van der Waals surface area contributed by atoms with Gasteiger partial charge in [0, 0.05) is 36.8 Å². The number of anilines is 1. The van der Waals surface area contributed by atoms with E-state index in [2.05, 4.69) is 17.6 Å². The minimum Gasteiger partial charge on any atom is -0.448 e. The lowest BCUT2D eigenvalue weighted by Crippen LogP contribution is -2.52. The number of amides is 3. The van der Waals surface area contributed by atoms with E-state index in [4.69, 9.17) is 22.1 Å². The molecule has 0 bridgehead atoms. The molecule has 0 aromatic heterocycles. The molecule has 0 radical (unpaired) electrons. The Morgan fingerprint density at radius 2 is 1.78 bits per heavy atom. The molecule has 8 nitrogen and oxygen atoms in total. The highest BCUT2D eigenvalue weighted by molar-refractivity contribution is 6.31. The van der Waals surface area contributed by atoms with Crippen LogP contribution in [0.1, 0.15) is 43.7 Å². The fourth-order valence-electron chi connectivity index (χ4n) is 4.22. The summed E-state index contributed by atoms with van der Waals surface area (Å²) in [5.41, 5.74) is 7.16. The van der Waals surface area contributed by atoms with E-state index in [0.717, 1.165) is 17.5 Å². The van der Waals surface area contributed by atoms with Gasteiger partial charge >= 0.3 is 6.09 Å². The van der Waals surface area contributed by atoms with Crippen molar-refractivity contribution in [2.75, 3.05) is 31.6 Å². The zero-order valence-electron chi connectivity index (χ0n) is 20.7. The number of benzene rings is 2. The molecule has 1 fully saturated rings. The monoisotopic (exact) mass is 514 g/mol. The zero-order chi connectivity index (χ0) is 26.0. The first-order valence-corrected chi connectivity index (χ1v) is 12.8. The SMILES string of the molecule is CCc1ccc(NC(=O)OCC2(C(=O)NCc3ccccc3Cl)CCN(C(=O)CCCN)CC2)cc1. The van der Waals surface area contributed by atoms with Crippen LogP contribution in [0.3, 0.4) is 0 Å². The summed E-state index contributed by atoms with van der Waals surface area (Å²) < 4.78 is 5.55. The number of likely N-dealkylation sites (tertiary alicyclic amines) is 1. The Kier molecular flexibility index (Phi) is 10.1. The van der Waals surface area contributed by atoms with Crippen LogP contribution in [0.15, 0.2) is 48.5 Å². The molecule has 1 aliphatic heterocycles. The molecule has 0 spiro atoms. The lowest BCUT2D eigenvalue weighted by atomic mass is 9.78. The van der Waals surface area contributed by atoms with Crippen molar-refractivity contribution in [2.24, 2.45) is 11.1 Å². The average Bonchev–Trinajstić information content (AvgIpc) is 2.90. The van der Waals surface area contributed by atoms with Gasteiger partial charge in [-0.05, 0) is 61.6 Å². The van der Waals surface area contributed by atoms with Crippen molar-refractivity contribution in [2.45, 2.75) is 45.6 Å². The van der Waals surface area contributed by atoms with Gasteiger partial charge in [-0.2, -0.15) is 0 Å². The van der Waals surface area contributed by atoms with E-state index in [0.29, 0.717) is 56.0 Å². The molecule has 4 N–H and O–H groups in total. The first kappa shape index (κ1) is 27.5. The smallest absolute Gasteiger partial charge is 0.411 e. The molecular weight excluding hydrogens is 480 g/mol. The molecule has 0 unspecified atom stereocenters. The molecule has 0 aliphatic carbocycles. The predicted octanol–water partition coefficient (Wildman–Crippen LogP) is 4.12. The average molecular weight is 515 g/mol. The lowest BCUT2D eigenvalue weighted by Gasteiger charge is -2.40. The number of carbonyl (C=O) groups excluding carboxylic acids is 3. The van der Waals surface area contributed by atoms with Crippen molar-refractivity contribution in [3.05, 3.63) is 64.7 Å². The Balaban J connectivity index is 1.65. The van der Waals surface area contributed by atoms with Crippen molar-refractivity contribution in [1.29, 1.82) is 0 Å². The van der Waals surface area contributed by atoms with Crippen LogP contribution in [-0.4, -0.2) is 49.0 Å². The minimum atomic E-state index is -0.949. The van der Waals surface area contributed by atoms with E-state index < -0.39 is 11.5 Å². The number of hydrogen-bond donors (Lipinski definition) is 3. The lowest BCUT2D eigenvalue weighted by molar-refractivity contribution is -0.143. The molecule has 194 valence electrons. The van der Waals surface area contributed by atoms with Crippen LogP contribution in [0.25, 0.3) is 0 Å². The predicted molar refractivity (Wildman–Crippen MR) is 141 cm³/mol. The number of nitrogens with one attached hydrogen (secondary N) is 2. The van der Waals surface area contributed by atoms with Crippen LogP contribution in [0, 0.1) is 5.41 Å². The van der Waals surface area contributed by atoms with Crippen molar-refractivity contribution >= 4 is 35.2 Å². The van der Waals surface area contributed by atoms with Gasteiger partial charge in [-0.25, -0.2) is 4.79 Å². The highest BCUT2D eigenvalue weighted by Crippen LogP contribution is 2.33. The van der Waals surface area contributed by atoms with Crippen LogP contribution in [0.4, 0.5) is 10.5 Å². The number of aryl methyl sites for hydroxylation is 1. The normalized spacial score (nSPS) is 14.7. The Morgan fingerprint density at radius 3 is 2.42 bits per heavy atom. The minimum absolute atomic E-state index is 0.0275. The Bertz CT molecular complexity index is 1040. The number of halogens is 1. The second-order valence-corrected chi connectivity index (χ2v) is 9.49. The standard InChI is InChI=1S/C27H35ClN4O4/c1-2-20-9-11-22(12-10-20)31-26(35)36-19-27(13-16-32(17-14-27)24(33)8-5-15-29)25(34)30-18-21-6-3-4-7-23(21)28/h3-4,6-7,9-12H,2,5,8,13-19,29H2,1H3,(H,30,34)(H,31,35). The highest BCUT2D eigenvalue weighted by atomic mass is 35.5. The fourth-order valence-corrected chi connectivity index (χ4v) is 4.42. The second-order valence-electron chi connectivity index (χ2n) is 9.08. The third-order valence-electron chi connectivity index (χ3n) is 6.64. The first-order valence-electron chi connectivity index (χ1n) is 12.4. The molecule has 0 saturated carbocycles. The number of piperidine rings is 1. The number of nitrogens with two attached hydrogens (primary N) is 1. The molecular formula is C27H35ClN4O4. The van der Waals surface area contributed by atoms with Gasteiger partial charge in [0.1, 0.15) is 6.61 Å². The van der Waals surface area contributed by atoms with Gasteiger partial charge < -0.3 is 20.7 Å². The van der Waals surface area contributed by atoms with Gasteiger partial charge in [0.2, 0.25) is 11.8 Å². The first-order chi connectivity index (χ1) is 17.4. The topological polar surface area (TPSA) is 114 Å². The van der Waals surface area contributed by atoms with E-state index in [-0.39, 0.29) is 25.0 Å². The number of nitrogens with zero attached hydrogens (tertiary/aromatic N) is 1. The molecule has 9 heteroatoms. The van der Waals surface area contributed by atoms with Crippen LogP contribution in [0.5, 0.6) is 0 Å². The van der Waals surface area contributed by atoms with Crippen LogP contribution in [0.2, 0.25) is 5.02 Å². The highest BCUT2D eigenvalue weighted by Gasteiger charge is 2.43. The van der Waals surface area contributed by atoms with Crippen LogP contribution in [-0.2, 0) is 27.3 Å². The maximum atomic E-state index is 13.4. The third kappa shape index (κ3) is 7.45. The Hall–Kier alpha value is -3.10. The zero-order valence-corrected chi connectivity index (χ0v) is 21.5. The van der Waals surface area contributed by atoms with Gasteiger partial charge in [0.05, 0.1) is 5.41 Å². The van der Waals surface area contributed by atoms with Gasteiger partial charge in [-0.3, -0.25) is 14.9 Å². The van der Waals surface area contributed by atoms with E-state index in [9.17, 15) is 14.4 Å². The van der Waals surface area contributed by atoms with Crippen molar-refractivity contribution in [3.8, 4) is 0 Å². The summed E-state index contributed by atoms with van der Waals surface area (Å²) in [5.74, 6) is -0.198. The molecule has 2 aromatic carbocycles. The summed E-state index contributed by atoms with van der Waals surface area (Å²) in [5, 5.41) is 6.24. The summed E-state index contributed by atoms with van der Waals surface area (Å²) in [6.45, 7) is 3.50. The van der Waals surface area contributed by atoms with E-state index >= 15 is 0 Å². The van der Waals surface area contributed by atoms with Gasteiger partial charge in [0.15, 0.2) is 0 Å². The molecule has 3 amide bonds. The molecule has 0 atom stereocenters. The number of rotatable bonds is 10. The summed E-state index contributed by atoms with van der Waals surface area (Å²) in [4.78, 5) is 40.2. The maximum Gasteiger partial charge on any atom is 0.411 e. The van der Waals surface area contributed by atoms with E-state index in [1.807, 2.05) is 42.5 Å². The van der Waals surface area contributed by atoms with E-state index in [1.165, 1.54) is 0 Å². The van der Waals surface area contributed by atoms with Gasteiger partial charge in [-0.15, -0.1) is 0 Å². The van der Waals surface area contributed by atoms with E-state index in [1.54, 1.807) is 11.0 Å². The van der Waals surface area contributed by atoms with Crippen molar-refractivity contribution < 1.29 is 19.1 Å². The van der Waals surface area contributed by atoms with Crippen LogP contribution >= 0.6 is 11.6 Å². The second kappa shape index (κ2) is 13.3. The molecule has 1 heterocycles. The number of carbonyl (C=O) groups is 3. The fraction of sp³-hybridized carbons (Fsp3) is 0.444. The summed E-state index contributed by atoms with van der Waals surface area (Å²) >= 11 is 6.24. The third-order valence-corrected chi connectivity index (χ3v) is 7.00.